The molecule has 1 amide bonds. The molecule has 0 aliphatic carbocycles. The summed E-state index contributed by atoms with van der Waals surface area (Å²) in [5.41, 5.74) is 6.38. The molecule has 20 heavy (non-hydrogen) atoms. The fourth-order valence-electron chi connectivity index (χ4n) is 1.50. The maximum Gasteiger partial charge on any atom is 0.269 e. The summed E-state index contributed by atoms with van der Waals surface area (Å²) in [5, 5.41) is 2.63. The van der Waals surface area contributed by atoms with E-state index in [2.05, 4.69) is 10.3 Å². The van der Waals surface area contributed by atoms with Crippen LogP contribution in [0.3, 0.4) is 0 Å². The number of hydrogen-bond donors (Lipinski definition) is 2. The molecule has 2 aromatic rings. The van der Waals surface area contributed by atoms with Crippen LogP contribution in [0.2, 0.25) is 0 Å². The Bertz CT molecular complexity index is 570. The van der Waals surface area contributed by atoms with Gasteiger partial charge in [-0.1, -0.05) is 0 Å². The first kappa shape index (κ1) is 13.8. The number of nitrogens with zero attached hydrogens (tertiary/aromatic N) is 1. The van der Waals surface area contributed by atoms with Crippen molar-refractivity contribution in [1.29, 1.82) is 0 Å². The zero-order valence-corrected chi connectivity index (χ0v) is 10.7. The molecule has 0 unspecified atom stereocenters. The number of nitrogens with one attached hydrogen (secondary N) is 1. The van der Waals surface area contributed by atoms with E-state index in [9.17, 15) is 9.18 Å². The molecule has 6 heteroatoms. The predicted octanol–water partition coefficient (Wildman–Crippen LogP) is 1.61. The highest BCUT2D eigenvalue weighted by atomic mass is 19.1. The van der Waals surface area contributed by atoms with Crippen molar-refractivity contribution in [3.05, 3.63) is 54.1 Å². The largest absolute Gasteiger partial charge is 0.492 e. The average Bonchev–Trinajstić information content (AvgIpc) is 2.46. The number of anilines is 1. The number of benzene rings is 1. The maximum absolute atomic E-state index is 12.6. The van der Waals surface area contributed by atoms with Gasteiger partial charge in [0.2, 0.25) is 0 Å². The lowest BCUT2D eigenvalue weighted by Gasteiger charge is -2.07. The van der Waals surface area contributed by atoms with Crippen molar-refractivity contribution in [2.75, 3.05) is 18.9 Å². The molecule has 0 spiro atoms. The lowest BCUT2D eigenvalue weighted by Crippen LogP contribution is -2.28. The van der Waals surface area contributed by atoms with Gasteiger partial charge in [-0.3, -0.25) is 4.79 Å². The van der Waals surface area contributed by atoms with Crippen LogP contribution in [0.1, 0.15) is 10.5 Å². The zero-order chi connectivity index (χ0) is 14.4. The second kappa shape index (κ2) is 6.51. The first-order chi connectivity index (χ1) is 9.65. The fraction of sp³-hybridized carbons (Fsp3) is 0.143. The molecule has 1 aromatic heterocycles. The third-order valence-corrected chi connectivity index (χ3v) is 2.50. The van der Waals surface area contributed by atoms with Crippen LogP contribution in [0.15, 0.2) is 42.6 Å². The number of aromatic nitrogens is 1. The molecular formula is C14H14FN3O2. The highest BCUT2D eigenvalue weighted by molar-refractivity contribution is 5.92. The Hall–Kier alpha value is -2.63. The number of rotatable bonds is 5. The molecule has 1 aromatic carbocycles. The second-order valence-electron chi connectivity index (χ2n) is 4.04. The Morgan fingerprint density at radius 3 is 2.65 bits per heavy atom. The van der Waals surface area contributed by atoms with Crippen molar-refractivity contribution in [3.63, 3.8) is 0 Å². The van der Waals surface area contributed by atoms with Crippen LogP contribution in [-0.2, 0) is 0 Å². The first-order valence-corrected chi connectivity index (χ1v) is 6.03. The number of carbonyl (C=O) groups excluding carboxylic acids is 1. The van der Waals surface area contributed by atoms with Crippen LogP contribution in [0, 0.1) is 5.82 Å². The van der Waals surface area contributed by atoms with Crippen LogP contribution < -0.4 is 15.8 Å². The van der Waals surface area contributed by atoms with Gasteiger partial charge in [0, 0.05) is 5.69 Å². The van der Waals surface area contributed by atoms with Gasteiger partial charge >= 0.3 is 0 Å². The maximum atomic E-state index is 12.6. The number of nitrogen functional groups attached to an aromatic ring is 1. The van der Waals surface area contributed by atoms with Crippen molar-refractivity contribution >= 4 is 11.6 Å². The summed E-state index contributed by atoms with van der Waals surface area (Å²) in [7, 11) is 0. The molecule has 104 valence electrons. The number of amides is 1. The van der Waals surface area contributed by atoms with Crippen molar-refractivity contribution < 1.29 is 13.9 Å². The highest BCUT2D eigenvalue weighted by Crippen LogP contribution is 2.12. The molecule has 0 radical (unpaired) electrons. The Labute approximate surface area is 115 Å². The summed E-state index contributed by atoms with van der Waals surface area (Å²) < 4.78 is 18.1. The number of halogens is 1. The van der Waals surface area contributed by atoms with Gasteiger partial charge in [0.05, 0.1) is 12.7 Å². The molecule has 3 N–H and O–H groups in total. The Balaban J connectivity index is 1.74. The first-order valence-electron chi connectivity index (χ1n) is 6.03. The predicted molar refractivity (Wildman–Crippen MR) is 72.9 cm³/mol. The molecule has 0 aliphatic rings. The van der Waals surface area contributed by atoms with Gasteiger partial charge < -0.3 is 15.8 Å². The van der Waals surface area contributed by atoms with Crippen molar-refractivity contribution in [2.24, 2.45) is 0 Å². The Kier molecular flexibility index (Phi) is 4.49. The van der Waals surface area contributed by atoms with Crippen molar-refractivity contribution in [3.8, 4) is 5.75 Å². The van der Waals surface area contributed by atoms with Crippen LogP contribution in [0.4, 0.5) is 10.1 Å². The molecule has 2 rings (SSSR count). The van der Waals surface area contributed by atoms with E-state index in [0.29, 0.717) is 24.6 Å². The molecule has 0 saturated carbocycles. The van der Waals surface area contributed by atoms with Crippen LogP contribution in [0.5, 0.6) is 5.75 Å². The van der Waals surface area contributed by atoms with Gasteiger partial charge in [0.1, 0.15) is 23.9 Å². The Morgan fingerprint density at radius 1 is 1.25 bits per heavy atom. The standard InChI is InChI=1S/C14H14FN3O2/c15-10-1-6-13(18-9-10)14(19)17-7-8-20-12-4-2-11(16)3-5-12/h1-6,9H,7-8,16H2,(H,17,19). The summed E-state index contributed by atoms with van der Waals surface area (Å²) in [5.74, 6) is -0.174. The van der Waals surface area contributed by atoms with Gasteiger partial charge in [-0.05, 0) is 36.4 Å². The molecule has 1 heterocycles. The van der Waals surface area contributed by atoms with Crippen molar-refractivity contribution in [2.45, 2.75) is 0 Å². The average molecular weight is 275 g/mol. The van der Waals surface area contributed by atoms with Crippen LogP contribution in [-0.4, -0.2) is 24.0 Å². The smallest absolute Gasteiger partial charge is 0.269 e. The summed E-state index contributed by atoms with van der Waals surface area (Å²) >= 11 is 0. The third-order valence-electron chi connectivity index (χ3n) is 2.50. The number of ether oxygens (including phenoxy) is 1. The van der Waals surface area contributed by atoms with E-state index in [0.717, 1.165) is 6.20 Å². The van der Waals surface area contributed by atoms with Gasteiger partial charge in [-0.25, -0.2) is 9.37 Å². The van der Waals surface area contributed by atoms with E-state index < -0.39 is 5.82 Å². The summed E-state index contributed by atoms with van der Waals surface area (Å²) in [6.45, 7) is 0.638. The lowest BCUT2D eigenvalue weighted by atomic mass is 10.3. The molecule has 0 bridgehead atoms. The topological polar surface area (TPSA) is 77.2 Å². The lowest BCUT2D eigenvalue weighted by molar-refractivity contribution is 0.0942. The second-order valence-corrected chi connectivity index (χ2v) is 4.04. The summed E-state index contributed by atoms with van der Waals surface area (Å²) in [6.07, 6.45) is 1.000. The van der Waals surface area contributed by atoms with E-state index in [-0.39, 0.29) is 11.6 Å². The van der Waals surface area contributed by atoms with E-state index in [1.165, 1.54) is 12.1 Å². The Morgan fingerprint density at radius 2 is 2.00 bits per heavy atom. The van der Waals surface area contributed by atoms with Gasteiger partial charge in [-0.2, -0.15) is 0 Å². The minimum absolute atomic E-state index is 0.166. The molecule has 0 aliphatic heterocycles. The minimum atomic E-state index is -0.478. The number of carbonyl (C=O) groups is 1. The van der Waals surface area contributed by atoms with E-state index >= 15 is 0 Å². The molecule has 0 atom stereocenters. The molecular weight excluding hydrogens is 261 g/mol. The van der Waals surface area contributed by atoms with Crippen molar-refractivity contribution in [1.82, 2.24) is 10.3 Å². The minimum Gasteiger partial charge on any atom is -0.492 e. The molecule has 0 fully saturated rings. The quantitative estimate of drug-likeness (QED) is 0.642. The number of pyridine rings is 1. The van der Waals surface area contributed by atoms with E-state index in [1.54, 1.807) is 24.3 Å². The number of hydrogen-bond acceptors (Lipinski definition) is 4. The zero-order valence-electron chi connectivity index (χ0n) is 10.7. The third kappa shape index (κ3) is 3.94. The fourth-order valence-corrected chi connectivity index (χ4v) is 1.50. The normalized spacial score (nSPS) is 10.1. The number of nitrogens with two attached hydrogens (primary N) is 1. The SMILES string of the molecule is Nc1ccc(OCCNC(=O)c2ccc(F)cn2)cc1. The van der Waals surface area contributed by atoms with Crippen LogP contribution >= 0.6 is 0 Å². The van der Waals surface area contributed by atoms with E-state index in [1.807, 2.05) is 0 Å². The van der Waals surface area contributed by atoms with E-state index in [4.69, 9.17) is 10.5 Å². The van der Waals surface area contributed by atoms with Gasteiger partial charge in [0.15, 0.2) is 0 Å². The molecule has 0 saturated heterocycles. The summed E-state index contributed by atoms with van der Waals surface area (Å²) in [4.78, 5) is 15.3. The van der Waals surface area contributed by atoms with Gasteiger partial charge in [-0.15, -0.1) is 0 Å². The summed E-state index contributed by atoms with van der Waals surface area (Å²) in [6, 6.07) is 9.47. The van der Waals surface area contributed by atoms with Gasteiger partial charge in [0.25, 0.3) is 5.91 Å². The monoisotopic (exact) mass is 275 g/mol. The van der Waals surface area contributed by atoms with Crippen LogP contribution in [0.25, 0.3) is 0 Å². The highest BCUT2D eigenvalue weighted by Gasteiger charge is 2.06. The molecule has 5 nitrogen and oxygen atoms in total.